The normalized spacial score (nSPS) is 23.2. The lowest BCUT2D eigenvalue weighted by Gasteiger charge is -2.40. The second kappa shape index (κ2) is 22.4. The predicted octanol–water partition coefficient (Wildman–Crippen LogP) is 1.66. The Labute approximate surface area is 314 Å². The summed E-state index contributed by atoms with van der Waals surface area (Å²) in [5.74, 6) is -1.64. The summed E-state index contributed by atoms with van der Waals surface area (Å²) in [6, 6.07) is -4.59. The van der Waals surface area contributed by atoms with Gasteiger partial charge in [-0.15, -0.1) is 0 Å². The molecule has 1 unspecified atom stereocenters. The van der Waals surface area contributed by atoms with Gasteiger partial charge in [0.25, 0.3) is 0 Å². The molecule has 300 valence electrons. The van der Waals surface area contributed by atoms with Crippen molar-refractivity contribution in [3.8, 4) is 0 Å². The van der Waals surface area contributed by atoms with Gasteiger partial charge in [-0.1, -0.05) is 66.7 Å². The molecule has 6 amide bonds. The van der Waals surface area contributed by atoms with Crippen LogP contribution in [0.3, 0.4) is 0 Å². The van der Waals surface area contributed by atoms with Gasteiger partial charge in [0.2, 0.25) is 35.4 Å². The van der Waals surface area contributed by atoms with E-state index in [4.69, 9.17) is 9.59 Å². The third-order valence-electron chi connectivity index (χ3n) is 10.8. The van der Waals surface area contributed by atoms with Gasteiger partial charge in [-0.3, -0.25) is 28.8 Å². The minimum Gasteiger partial charge on any atom is -0.391 e. The summed E-state index contributed by atoms with van der Waals surface area (Å²) in [5.41, 5.74) is 0. The Morgan fingerprint density at radius 3 is 1.94 bits per heavy atom. The maximum atomic E-state index is 14.0. The standard InChI is InChI=1S/C37H64N6O7.CO2/c1-8-17-38-35(48)32(26(7)44)41-33(46)28-15-12-18-42(28)36(49)25(6)39-34(47)29-20-23(4)16-19-43(29)37(50)31(22(2)3)40-30(45)21-24(5)27-13-10-9-11-14-27;2-1-3/h22-29,31-32,44H,8-21H2,1-7H3,(H,38,48)(H,39,47)(H,40,45)(H,41,46);/t23?,24-,25-,26+,28-,29-,31-,32-;/m0./s1. The Balaban J connectivity index is 0.00000313. The molecule has 0 bridgehead atoms. The van der Waals surface area contributed by atoms with Crippen LogP contribution >= 0.6 is 0 Å². The van der Waals surface area contributed by atoms with E-state index in [-0.39, 0.29) is 35.7 Å². The van der Waals surface area contributed by atoms with Crippen LogP contribution in [0.25, 0.3) is 0 Å². The average Bonchev–Trinajstić information content (AvgIpc) is 3.61. The second-order valence-electron chi connectivity index (χ2n) is 15.6. The summed E-state index contributed by atoms with van der Waals surface area (Å²) in [4.78, 5) is 99.7. The third kappa shape index (κ3) is 13.5. The molecule has 0 spiro atoms. The average molecular weight is 749 g/mol. The van der Waals surface area contributed by atoms with Crippen LogP contribution in [0.2, 0.25) is 0 Å². The quantitative estimate of drug-likeness (QED) is 0.165. The number of hydrogen-bond donors (Lipinski definition) is 5. The summed E-state index contributed by atoms with van der Waals surface area (Å²) in [7, 11) is 0. The van der Waals surface area contributed by atoms with Crippen molar-refractivity contribution in [1.82, 2.24) is 31.1 Å². The molecule has 8 atom stereocenters. The van der Waals surface area contributed by atoms with E-state index in [1.165, 1.54) is 31.1 Å². The van der Waals surface area contributed by atoms with Gasteiger partial charge in [-0.05, 0) is 69.6 Å². The maximum absolute atomic E-state index is 14.0. The molecule has 53 heavy (non-hydrogen) atoms. The Morgan fingerprint density at radius 2 is 1.36 bits per heavy atom. The highest BCUT2D eigenvalue weighted by atomic mass is 16.3. The monoisotopic (exact) mass is 748 g/mol. The molecule has 0 aromatic rings. The summed E-state index contributed by atoms with van der Waals surface area (Å²) in [5, 5.41) is 21.3. The van der Waals surface area contributed by atoms with Gasteiger partial charge in [0.05, 0.1) is 6.10 Å². The zero-order chi connectivity index (χ0) is 39.8. The number of carbonyl (C=O) groups is 6. The lowest BCUT2D eigenvalue weighted by atomic mass is 9.79. The number of amides is 6. The topological polar surface area (TPSA) is 211 Å². The fourth-order valence-electron chi connectivity index (χ4n) is 7.68. The van der Waals surface area contributed by atoms with E-state index >= 15 is 0 Å². The van der Waals surface area contributed by atoms with Crippen molar-refractivity contribution in [3.63, 3.8) is 0 Å². The highest BCUT2D eigenvalue weighted by Gasteiger charge is 2.42. The predicted molar refractivity (Wildman–Crippen MR) is 195 cm³/mol. The van der Waals surface area contributed by atoms with Crippen molar-refractivity contribution < 1.29 is 43.5 Å². The number of aliphatic hydroxyl groups excluding tert-OH is 1. The molecule has 0 aromatic heterocycles. The van der Waals surface area contributed by atoms with E-state index in [0.717, 1.165) is 19.3 Å². The summed E-state index contributed by atoms with van der Waals surface area (Å²) >= 11 is 0. The number of nitrogens with zero attached hydrogens (tertiary/aromatic N) is 2. The molecule has 2 aliphatic heterocycles. The Hall–Kier alpha value is -3.84. The number of carbonyl (C=O) groups excluding carboxylic acids is 8. The molecule has 0 aromatic carbocycles. The minimum atomic E-state index is -1.17. The van der Waals surface area contributed by atoms with Crippen molar-refractivity contribution in [3.05, 3.63) is 0 Å². The first-order chi connectivity index (χ1) is 25.1. The van der Waals surface area contributed by atoms with Gasteiger partial charge < -0.3 is 36.2 Å². The Bertz CT molecular complexity index is 1280. The smallest absolute Gasteiger partial charge is 0.373 e. The van der Waals surface area contributed by atoms with E-state index in [0.29, 0.717) is 57.7 Å². The second-order valence-corrected chi connectivity index (χ2v) is 15.6. The summed E-state index contributed by atoms with van der Waals surface area (Å²) in [6.45, 7) is 13.9. The van der Waals surface area contributed by atoms with E-state index in [9.17, 15) is 33.9 Å². The first-order valence-electron chi connectivity index (χ1n) is 19.5. The lowest BCUT2D eigenvalue weighted by Crippen LogP contribution is -2.61. The van der Waals surface area contributed by atoms with Crippen LogP contribution in [0.4, 0.5) is 0 Å². The van der Waals surface area contributed by atoms with Crippen molar-refractivity contribution in [2.75, 3.05) is 19.6 Å². The zero-order valence-corrected chi connectivity index (χ0v) is 32.8. The highest BCUT2D eigenvalue weighted by Crippen LogP contribution is 2.32. The molecular formula is C38H64N6O9. The highest BCUT2D eigenvalue weighted by molar-refractivity contribution is 5.96. The molecule has 15 nitrogen and oxygen atoms in total. The number of hydrogen-bond acceptors (Lipinski definition) is 9. The molecule has 1 aliphatic carbocycles. The molecule has 1 saturated carbocycles. The molecule has 5 N–H and O–H groups in total. The largest absolute Gasteiger partial charge is 0.391 e. The fourth-order valence-corrected chi connectivity index (χ4v) is 7.68. The van der Waals surface area contributed by atoms with Gasteiger partial charge in [-0.2, -0.15) is 9.59 Å². The molecular weight excluding hydrogens is 684 g/mol. The zero-order valence-electron chi connectivity index (χ0n) is 32.8. The van der Waals surface area contributed by atoms with Gasteiger partial charge in [0.15, 0.2) is 0 Å². The lowest BCUT2D eigenvalue weighted by molar-refractivity contribution is -0.191. The van der Waals surface area contributed by atoms with Gasteiger partial charge in [-0.25, -0.2) is 0 Å². The first-order valence-corrected chi connectivity index (χ1v) is 19.5. The van der Waals surface area contributed by atoms with Gasteiger partial charge in [0.1, 0.15) is 30.2 Å². The maximum Gasteiger partial charge on any atom is 0.373 e. The van der Waals surface area contributed by atoms with Crippen LogP contribution in [0.15, 0.2) is 0 Å². The van der Waals surface area contributed by atoms with E-state index in [2.05, 4.69) is 28.2 Å². The third-order valence-corrected chi connectivity index (χ3v) is 10.8. The van der Waals surface area contributed by atoms with Crippen LogP contribution in [-0.2, 0) is 38.4 Å². The number of aliphatic hydroxyl groups is 1. The number of piperidine rings is 1. The molecule has 15 heteroatoms. The Morgan fingerprint density at radius 1 is 0.755 bits per heavy atom. The minimum absolute atomic E-state index is 0.147. The molecule has 2 saturated heterocycles. The van der Waals surface area contributed by atoms with Crippen LogP contribution in [0.5, 0.6) is 0 Å². The van der Waals surface area contributed by atoms with Crippen LogP contribution in [-0.4, -0.2) is 112 Å². The number of nitrogens with one attached hydrogen (secondary N) is 4. The number of rotatable bonds is 15. The molecule has 3 rings (SSSR count). The first kappa shape index (κ1) is 45.3. The number of likely N-dealkylation sites (tertiary alicyclic amines) is 2. The van der Waals surface area contributed by atoms with Crippen molar-refractivity contribution in [1.29, 1.82) is 0 Å². The summed E-state index contributed by atoms with van der Waals surface area (Å²) < 4.78 is 0. The molecule has 0 radical (unpaired) electrons. The Kier molecular flexibility index (Phi) is 19.1. The summed E-state index contributed by atoms with van der Waals surface area (Å²) in [6.07, 6.45) is 8.17. The SMILES string of the molecule is CCCNC(=O)[C@@H](NC(=O)[C@@H]1CCCN1C(=O)[C@H](C)NC(=O)[C@@H]1CC(C)CCN1C(=O)[C@@H](NC(=O)C[C@H](C)C1CCCCC1)C(C)C)[C@@H](C)O.O=C=O. The van der Waals surface area contributed by atoms with Crippen LogP contribution < -0.4 is 21.3 Å². The van der Waals surface area contributed by atoms with Crippen molar-refractivity contribution in [2.24, 2.45) is 23.7 Å². The van der Waals surface area contributed by atoms with Crippen molar-refractivity contribution in [2.45, 2.75) is 155 Å². The molecule has 3 aliphatic rings. The van der Waals surface area contributed by atoms with Crippen LogP contribution in [0, 0.1) is 23.7 Å². The fraction of sp³-hybridized carbons (Fsp3) is 0.816. The van der Waals surface area contributed by atoms with Crippen molar-refractivity contribution >= 4 is 41.6 Å². The van der Waals surface area contributed by atoms with Crippen LogP contribution in [0.1, 0.15) is 119 Å². The van der Waals surface area contributed by atoms with E-state index < -0.39 is 59.9 Å². The van der Waals surface area contributed by atoms with E-state index in [1.807, 2.05) is 27.7 Å². The molecule has 2 heterocycles. The van der Waals surface area contributed by atoms with Gasteiger partial charge >= 0.3 is 6.15 Å². The van der Waals surface area contributed by atoms with Gasteiger partial charge in [0, 0.05) is 26.1 Å². The van der Waals surface area contributed by atoms with E-state index in [1.54, 1.807) is 11.8 Å². The molecule has 3 fully saturated rings.